The number of hydroxylamine groups is 2. The fourth-order valence-corrected chi connectivity index (χ4v) is 0.135. The van der Waals surface area contributed by atoms with Gasteiger partial charge in [-0.05, 0) is 6.92 Å². The number of carboxylic acid groups (broad SMARTS) is 1. The SMILES string of the molecule is CCN([O-])C(=O)O. The van der Waals surface area contributed by atoms with Gasteiger partial charge in [0.15, 0.2) is 0 Å². The molecule has 0 fully saturated rings. The van der Waals surface area contributed by atoms with E-state index in [-0.39, 0.29) is 11.6 Å². The van der Waals surface area contributed by atoms with E-state index in [4.69, 9.17) is 5.11 Å². The first-order valence-electron chi connectivity index (χ1n) is 1.86. The van der Waals surface area contributed by atoms with Crippen molar-refractivity contribution in [1.82, 2.24) is 5.06 Å². The molecular formula is C3H6NO3-. The summed E-state index contributed by atoms with van der Waals surface area (Å²) in [7, 11) is 0. The van der Waals surface area contributed by atoms with Crippen molar-refractivity contribution in [2.75, 3.05) is 6.54 Å². The van der Waals surface area contributed by atoms with Crippen molar-refractivity contribution in [3.05, 3.63) is 5.21 Å². The van der Waals surface area contributed by atoms with Crippen molar-refractivity contribution in [2.45, 2.75) is 6.92 Å². The number of hydrogen-bond donors (Lipinski definition) is 1. The van der Waals surface area contributed by atoms with E-state index in [1.165, 1.54) is 6.92 Å². The number of carbonyl (C=O) groups is 1. The maximum Gasteiger partial charge on any atom is 0.396 e. The van der Waals surface area contributed by atoms with E-state index in [9.17, 15) is 10.0 Å². The molecule has 0 aliphatic carbocycles. The minimum Gasteiger partial charge on any atom is -0.754 e. The van der Waals surface area contributed by atoms with Crippen molar-refractivity contribution in [2.24, 2.45) is 0 Å². The van der Waals surface area contributed by atoms with Crippen molar-refractivity contribution in [3.63, 3.8) is 0 Å². The Morgan fingerprint density at radius 3 is 2.43 bits per heavy atom. The van der Waals surface area contributed by atoms with Crippen LogP contribution in [0.1, 0.15) is 6.92 Å². The molecule has 0 atom stereocenters. The van der Waals surface area contributed by atoms with Crippen LogP contribution in [0.4, 0.5) is 4.79 Å². The van der Waals surface area contributed by atoms with Gasteiger partial charge in [0, 0.05) is 6.54 Å². The third-order valence-corrected chi connectivity index (χ3v) is 0.501. The molecule has 0 heterocycles. The molecule has 4 nitrogen and oxygen atoms in total. The van der Waals surface area contributed by atoms with E-state index in [0.29, 0.717) is 0 Å². The second-order valence-electron chi connectivity index (χ2n) is 0.977. The summed E-state index contributed by atoms with van der Waals surface area (Å²) < 4.78 is 0. The fourth-order valence-electron chi connectivity index (χ4n) is 0.135. The molecule has 0 unspecified atom stereocenters. The quantitative estimate of drug-likeness (QED) is 0.492. The normalized spacial score (nSPS) is 8.29. The van der Waals surface area contributed by atoms with E-state index < -0.39 is 6.09 Å². The molecule has 0 spiro atoms. The molecule has 1 N–H and O–H groups in total. The lowest BCUT2D eigenvalue weighted by Crippen LogP contribution is -2.21. The molecular weight excluding hydrogens is 98.0 g/mol. The van der Waals surface area contributed by atoms with E-state index in [0.717, 1.165) is 0 Å². The molecule has 0 bridgehead atoms. The largest absolute Gasteiger partial charge is 0.754 e. The van der Waals surface area contributed by atoms with Crippen LogP contribution in [0.2, 0.25) is 0 Å². The van der Waals surface area contributed by atoms with Crippen molar-refractivity contribution < 1.29 is 9.90 Å². The molecule has 0 saturated carbocycles. The van der Waals surface area contributed by atoms with E-state index in [1.807, 2.05) is 0 Å². The van der Waals surface area contributed by atoms with Crippen molar-refractivity contribution in [3.8, 4) is 0 Å². The summed E-state index contributed by atoms with van der Waals surface area (Å²) in [5.41, 5.74) is 0. The van der Waals surface area contributed by atoms with Crippen LogP contribution in [0.3, 0.4) is 0 Å². The number of amides is 1. The van der Waals surface area contributed by atoms with Gasteiger partial charge in [-0.15, -0.1) is 0 Å². The van der Waals surface area contributed by atoms with Crippen LogP contribution in [-0.2, 0) is 0 Å². The molecule has 0 aliphatic heterocycles. The molecule has 0 radical (unpaired) electrons. The maximum absolute atomic E-state index is 9.83. The summed E-state index contributed by atoms with van der Waals surface area (Å²) in [6.07, 6.45) is -1.43. The van der Waals surface area contributed by atoms with Gasteiger partial charge >= 0.3 is 6.09 Å². The Hall–Kier alpha value is -0.770. The smallest absolute Gasteiger partial charge is 0.396 e. The van der Waals surface area contributed by atoms with Crippen molar-refractivity contribution >= 4 is 6.09 Å². The van der Waals surface area contributed by atoms with E-state index in [2.05, 4.69) is 0 Å². The Bertz CT molecular complexity index is 72.6. The minimum absolute atomic E-state index is 0.00463. The van der Waals surface area contributed by atoms with Crippen LogP contribution in [0.25, 0.3) is 0 Å². The van der Waals surface area contributed by atoms with Gasteiger partial charge in [0.2, 0.25) is 0 Å². The monoisotopic (exact) mass is 104 g/mol. The van der Waals surface area contributed by atoms with Gasteiger partial charge in [-0.25, -0.2) is 4.79 Å². The van der Waals surface area contributed by atoms with Gasteiger partial charge in [0.05, 0.1) is 0 Å². The molecule has 0 aromatic heterocycles. The first-order chi connectivity index (χ1) is 3.18. The molecule has 0 aromatic rings. The molecule has 1 amide bonds. The second kappa shape index (κ2) is 2.41. The summed E-state index contributed by atoms with van der Waals surface area (Å²) in [6, 6.07) is 0. The summed E-state index contributed by atoms with van der Waals surface area (Å²) in [4.78, 5) is 9.54. The predicted molar refractivity (Wildman–Crippen MR) is 23.8 cm³/mol. The van der Waals surface area contributed by atoms with Gasteiger partial charge in [0.1, 0.15) is 0 Å². The fraction of sp³-hybridized carbons (Fsp3) is 0.667. The zero-order valence-electron chi connectivity index (χ0n) is 3.92. The minimum atomic E-state index is -1.43. The van der Waals surface area contributed by atoms with Gasteiger partial charge in [-0.3, -0.25) is 0 Å². The molecule has 0 rings (SSSR count). The van der Waals surface area contributed by atoms with Gasteiger partial charge in [-0.1, -0.05) is 0 Å². The lowest BCUT2D eigenvalue weighted by atomic mass is 10.7. The third kappa shape index (κ3) is 1.99. The number of nitrogens with zero attached hydrogens (tertiary/aromatic N) is 1. The Kier molecular flexibility index (Phi) is 2.15. The summed E-state index contributed by atoms with van der Waals surface area (Å²) >= 11 is 0. The van der Waals surface area contributed by atoms with Gasteiger partial charge in [0.25, 0.3) is 0 Å². The van der Waals surface area contributed by atoms with Gasteiger partial charge < -0.3 is 15.4 Å². The lowest BCUT2D eigenvalue weighted by Gasteiger charge is -2.20. The van der Waals surface area contributed by atoms with Crippen LogP contribution >= 0.6 is 0 Å². The van der Waals surface area contributed by atoms with Crippen LogP contribution in [-0.4, -0.2) is 22.8 Å². The highest BCUT2D eigenvalue weighted by atomic mass is 16.6. The average molecular weight is 104 g/mol. The van der Waals surface area contributed by atoms with Crippen LogP contribution < -0.4 is 0 Å². The molecule has 0 aromatic carbocycles. The van der Waals surface area contributed by atoms with Crippen LogP contribution in [0, 0.1) is 5.21 Å². The average Bonchev–Trinajstić information content (AvgIpc) is 1.65. The Morgan fingerprint density at radius 1 is 2.00 bits per heavy atom. The highest BCUT2D eigenvalue weighted by Crippen LogP contribution is 1.80. The molecule has 0 saturated heterocycles. The zero-order valence-corrected chi connectivity index (χ0v) is 3.92. The predicted octanol–water partition coefficient (Wildman–Crippen LogP) is 0.484. The first-order valence-corrected chi connectivity index (χ1v) is 1.86. The standard InChI is InChI=1S/C3H6NO3/c1-2-4(7)3(5)6/h2H2,1H3,(H,5,6)/q-1. The Morgan fingerprint density at radius 2 is 2.43 bits per heavy atom. The molecule has 7 heavy (non-hydrogen) atoms. The molecule has 42 valence electrons. The molecule has 4 heteroatoms. The maximum atomic E-state index is 9.83. The molecule has 0 aliphatic rings. The topological polar surface area (TPSA) is 63.6 Å². The highest BCUT2D eigenvalue weighted by molar-refractivity contribution is 5.65. The number of rotatable bonds is 1. The summed E-state index contributed by atoms with van der Waals surface area (Å²) in [5, 5.41) is 17.6. The summed E-state index contributed by atoms with van der Waals surface area (Å²) in [5.74, 6) is 0. The highest BCUT2D eigenvalue weighted by Gasteiger charge is 1.90. The number of hydrogen-bond acceptors (Lipinski definition) is 2. The second-order valence-corrected chi connectivity index (χ2v) is 0.977. The lowest BCUT2D eigenvalue weighted by molar-refractivity contribution is 0.165. The Labute approximate surface area is 40.9 Å². The van der Waals surface area contributed by atoms with Crippen LogP contribution in [0.5, 0.6) is 0 Å². The summed E-state index contributed by atoms with van der Waals surface area (Å²) in [6.45, 7) is 1.47. The van der Waals surface area contributed by atoms with Crippen LogP contribution in [0.15, 0.2) is 0 Å². The third-order valence-electron chi connectivity index (χ3n) is 0.501. The van der Waals surface area contributed by atoms with Gasteiger partial charge in [-0.2, -0.15) is 0 Å². The Balaban J connectivity index is 3.34. The first kappa shape index (κ1) is 6.23. The van der Waals surface area contributed by atoms with E-state index >= 15 is 0 Å². The zero-order chi connectivity index (χ0) is 5.86. The van der Waals surface area contributed by atoms with Crippen molar-refractivity contribution in [1.29, 1.82) is 0 Å². The van der Waals surface area contributed by atoms with E-state index in [1.54, 1.807) is 0 Å².